The first kappa shape index (κ1) is 31.2. The molecule has 0 radical (unpaired) electrons. The standard InChI is InChI=1S/C31H39N3O4S2/c1-23-12-14-26(15-13-23)34(40(37,38)28-18-16-27(39-6)17-19-28)22-29(35)33(21-20-25-10-8-7-9-11-25)24(2)30(36)32-31(3,4)5/h7-19,24H,20-22H2,1-6H3,(H,32,36)/t24-/m0/s1. The van der Waals surface area contributed by atoms with Gasteiger partial charge >= 0.3 is 0 Å². The number of benzene rings is 3. The molecule has 3 aromatic carbocycles. The summed E-state index contributed by atoms with van der Waals surface area (Å²) in [6, 6.07) is 22.5. The highest BCUT2D eigenvalue weighted by atomic mass is 32.2. The fourth-order valence-corrected chi connectivity index (χ4v) is 5.98. The zero-order chi connectivity index (χ0) is 29.5. The van der Waals surface area contributed by atoms with Crippen molar-refractivity contribution in [3.63, 3.8) is 0 Å². The first-order valence-corrected chi connectivity index (χ1v) is 15.9. The summed E-state index contributed by atoms with van der Waals surface area (Å²) in [6.45, 7) is 9.03. The van der Waals surface area contributed by atoms with Gasteiger partial charge in [-0.1, -0.05) is 48.0 Å². The molecule has 3 aromatic rings. The molecule has 0 heterocycles. The molecule has 0 aliphatic rings. The van der Waals surface area contributed by atoms with Gasteiger partial charge in [-0.15, -0.1) is 11.8 Å². The molecule has 2 amide bonds. The molecule has 40 heavy (non-hydrogen) atoms. The van der Waals surface area contributed by atoms with E-state index in [-0.39, 0.29) is 17.3 Å². The van der Waals surface area contributed by atoms with E-state index in [0.717, 1.165) is 20.3 Å². The van der Waals surface area contributed by atoms with Crippen molar-refractivity contribution in [1.82, 2.24) is 10.2 Å². The fraction of sp³-hybridized carbons (Fsp3) is 0.355. The van der Waals surface area contributed by atoms with Crippen LogP contribution in [0.1, 0.15) is 38.8 Å². The van der Waals surface area contributed by atoms with Crippen molar-refractivity contribution < 1.29 is 18.0 Å². The van der Waals surface area contributed by atoms with Gasteiger partial charge in [0.15, 0.2) is 0 Å². The molecule has 0 bridgehead atoms. The van der Waals surface area contributed by atoms with Crippen LogP contribution in [-0.2, 0) is 26.0 Å². The van der Waals surface area contributed by atoms with E-state index < -0.39 is 34.1 Å². The number of aryl methyl sites for hydroxylation is 1. The summed E-state index contributed by atoms with van der Waals surface area (Å²) in [5, 5.41) is 2.94. The van der Waals surface area contributed by atoms with E-state index in [1.165, 1.54) is 16.7 Å². The van der Waals surface area contributed by atoms with Crippen molar-refractivity contribution in [2.75, 3.05) is 23.7 Å². The lowest BCUT2D eigenvalue weighted by molar-refractivity contribution is -0.139. The molecule has 0 fully saturated rings. The third-order valence-electron chi connectivity index (χ3n) is 6.40. The van der Waals surface area contributed by atoms with Gasteiger partial charge in [0.05, 0.1) is 10.6 Å². The Hall–Kier alpha value is -3.30. The number of hydrogen-bond donors (Lipinski definition) is 1. The molecule has 9 heteroatoms. The second-order valence-electron chi connectivity index (χ2n) is 10.8. The van der Waals surface area contributed by atoms with Crippen LogP contribution in [0, 0.1) is 6.92 Å². The number of hydrogen-bond acceptors (Lipinski definition) is 5. The van der Waals surface area contributed by atoms with Gasteiger partial charge in [0.2, 0.25) is 11.8 Å². The number of amides is 2. The molecular formula is C31H39N3O4S2. The van der Waals surface area contributed by atoms with Crippen molar-refractivity contribution in [1.29, 1.82) is 0 Å². The average Bonchev–Trinajstić information content (AvgIpc) is 2.92. The van der Waals surface area contributed by atoms with E-state index in [2.05, 4.69) is 5.32 Å². The van der Waals surface area contributed by atoms with Crippen LogP contribution in [0.4, 0.5) is 5.69 Å². The van der Waals surface area contributed by atoms with Gasteiger partial charge in [0.1, 0.15) is 12.6 Å². The van der Waals surface area contributed by atoms with E-state index in [9.17, 15) is 18.0 Å². The van der Waals surface area contributed by atoms with Crippen molar-refractivity contribution in [2.24, 2.45) is 0 Å². The van der Waals surface area contributed by atoms with Gasteiger partial charge in [-0.25, -0.2) is 8.42 Å². The fourth-order valence-electron chi connectivity index (χ4n) is 4.16. The van der Waals surface area contributed by atoms with Gasteiger partial charge in [-0.2, -0.15) is 0 Å². The second kappa shape index (κ2) is 13.4. The maximum Gasteiger partial charge on any atom is 0.264 e. The molecule has 0 saturated heterocycles. The molecule has 3 rings (SSSR count). The van der Waals surface area contributed by atoms with Crippen molar-refractivity contribution >= 4 is 39.3 Å². The second-order valence-corrected chi connectivity index (χ2v) is 13.5. The van der Waals surface area contributed by atoms with Gasteiger partial charge < -0.3 is 10.2 Å². The SMILES string of the molecule is CSc1ccc(S(=O)(=O)N(CC(=O)N(CCc2ccccc2)[C@@H](C)C(=O)NC(C)(C)C)c2ccc(C)cc2)cc1. The summed E-state index contributed by atoms with van der Waals surface area (Å²) >= 11 is 1.52. The van der Waals surface area contributed by atoms with Crippen LogP contribution >= 0.6 is 11.8 Å². The summed E-state index contributed by atoms with van der Waals surface area (Å²) in [6.07, 6.45) is 2.44. The predicted octanol–water partition coefficient (Wildman–Crippen LogP) is 5.29. The largest absolute Gasteiger partial charge is 0.350 e. The summed E-state index contributed by atoms with van der Waals surface area (Å²) in [7, 11) is -4.09. The van der Waals surface area contributed by atoms with E-state index in [1.807, 2.05) is 76.4 Å². The Morgan fingerprint density at radius 1 is 0.925 bits per heavy atom. The molecule has 0 aliphatic carbocycles. The van der Waals surface area contributed by atoms with Gasteiger partial charge in [-0.3, -0.25) is 13.9 Å². The molecule has 1 atom stereocenters. The van der Waals surface area contributed by atoms with Crippen LogP contribution in [0.3, 0.4) is 0 Å². The summed E-state index contributed by atoms with van der Waals surface area (Å²) < 4.78 is 29.0. The number of nitrogens with one attached hydrogen (secondary N) is 1. The highest BCUT2D eigenvalue weighted by Crippen LogP contribution is 2.26. The maximum atomic E-state index is 13.9. The highest BCUT2D eigenvalue weighted by molar-refractivity contribution is 7.98. The first-order chi connectivity index (χ1) is 18.8. The van der Waals surface area contributed by atoms with Crippen LogP contribution in [0.5, 0.6) is 0 Å². The third-order valence-corrected chi connectivity index (χ3v) is 8.93. The lowest BCUT2D eigenvalue weighted by Crippen LogP contribution is -2.55. The zero-order valence-electron chi connectivity index (χ0n) is 24.0. The van der Waals surface area contributed by atoms with E-state index in [0.29, 0.717) is 12.1 Å². The topological polar surface area (TPSA) is 86.8 Å². The number of rotatable bonds is 11. The van der Waals surface area contributed by atoms with Gasteiger partial charge in [0.25, 0.3) is 10.0 Å². The van der Waals surface area contributed by atoms with Crippen LogP contribution in [0.25, 0.3) is 0 Å². The molecule has 1 N–H and O–H groups in total. The monoisotopic (exact) mass is 581 g/mol. The molecule has 0 saturated carbocycles. The Kier molecular flexibility index (Phi) is 10.4. The van der Waals surface area contributed by atoms with Crippen LogP contribution in [0.2, 0.25) is 0 Å². The van der Waals surface area contributed by atoms with Crippen molar-refractivity contribution in [3.8, 4) is 0 Å². The first-order valence-electron chi connectivity index (χ1n) is 13.2. The number of thioether (sulfide) groups is 1. The molecule has 214 valence electrons. The van der Waals surface area contributed by atoms with Gasteiger partial charge in [0, 0.05) is 17.0 Å². The Morgan fingerprint density at radius 2 is 1.52 bits per heavy atom. The quantitative estimate of drug-likeness (QED) is 0.311. The summed E-state index contributed by atoms with van der Waals surface area (Å²) in [5.74, 6) is -0.760. The minimum absolute atomic E-state index is 0.0908. The lowest BCUT2D eigenvalue weighted by atomic mass is 10.1. The van der Waals surface area contributed by atoms with E-state index in [1.54, 1.807) is 43.3 Å². The van der Waals surface area contributed by atoms with Crippen LogP contribution < -0.4 is 9.62 Å². The van der Waals surface area contributed by atoms with Crippen LogP contribution in [-0.4, -0.2) is 56.1 Å². The number of carbonyl (C=O) groups is 2. The van der Waals surface area contributed by atoms with Crippen molar-refractivity contribution in [3.05, 3.63) is 90.0 Å². The Balaban J connectivity index is 1.98. The third kappa shape index (κ3) is 8.35. The molecule has 0 aromatic heterocycles. The normalized spacial score (nSPS) is 12.4. The molecule has 0 aliphatic heterocycles. The highest BCUT2D eigenvalue weighted by Gasteiger charge is 2.33. The van der Waals surface area contributed by atoms with Crippen molar-refractivity contribution in [2.45, 2.75) is 62.4 Å². The number of carbonyl (C=O) groups excluding carboxylic acids is 2. The Labute approximate surface area is 243 Å². The predicted molar refractivity (Wildman–Crippen MR) is 163 cm³/mol. The van der Waals surface area contributed by atoms with Crippen LogP contribution in [0.15, 0.2) is 88.7 Å². The Morgan fingerprint density at radius 3 is 2.08 bits per heavy atom. The summed E-state index contributed by atoms with van der Waals surface area (Å²) in [4.78, 5) is 29.6. The molecule has 0 unspecified atom stereocenters. The summed E-state index contributed by atoms with van der Waals surface area (Å²) in [5.41, 5.74) is 1.87. The minimum Gasteiger partial charge on any atom is -0.350 e. The molecule has 0 spiro atoms. The molecular weight excluding hydrogens is 542 g/mol. The average molecular weight is 582 g/mol. The lowest BCUT2D eigenvalue weighted by Gasteiger charge is -2.33. The number of nitrogens with zero attached hydrogens (tertiary/aromatic N) is 2. The smallest absolute Gasteiger partial charge is 0.264 e. The molecule has 7 nitrogen and oxygen atoms in total. The zero-order valence-corrected chi connectivity index (χ0v) is 25.7. The number of anilines is 1. The van der Waals surface area contributed by atoms with E-state index >= 15 is 0 Å². The maximum absolute atomic E-state index is 13.9. The number of sulfonamides is 1. The minimum atomic E-state index is -4.09. The Bertz CT molecular complexity index is 1390. The van der Waals surface area contributed by atoms with Gasteiger partial charge in [-0.05, 0) is 89.3 Å². The van der Waals surface area contributed by atoms with E-state index in [4.69, 9.17) is 0 Å².